The monoisotopic (exact) mass is 597 g/mol. The standard InChI is InChI=1S/C44H27N3/c1-2-13-29-26-31(24-23-28(29)12-1)41-35-18-5-3-16-33(35)40(34-17-4-6-19-36(34)41)30-14-11-15-32(27-30)42-44-43(37-20-7-8-21-38(37)45-42)46-39-22-9-10-25-47(39)44/h1-27H. The maximum Gasteiger partial charge on any atom is 0.137 e. The molecule has 0 fully saturated rings. The second kappa shape index (κ2) is 10.1. The molecule has 0 atom stereocenters. The summed E-state index contributed by atoms with van der Waals surface area (Å²) in [5.41, 5.74) is 10.7. The van der Waals surface area contributed by atoms with E-state index in [4.69, 9.17) is 9.97 Å². The van der Waals surface area contributed by atoms with Gasteiger partial charge in [-0.2, -0.15) is 0 Å². The van der Waals surface area contributed by atoms with Crippen molar-refractivity contribution in [3.05, 3.63) is 164 Å². The molecule has 47 heavy (non-hydrogen) atoms. The molecule has 0 bridgehead atoms. The fourth-order valence-corrected chi connectivity index (χ4v) is 7.47. The van der Waals surface area contributed by atoms with Crippen LogP contribution in [0.3, 0.4) is 0 Å². The number of nitrogens with zero attached hydrogens (tertiary/aromatic N) is 3. The van der Waals surface area contributed by atoms with E-state index >= 15 is 0 Å². The number of rotatable bonds is 3. The second-order valence-electron chi connectivity index (χ2n) is 12.2. The summed E-state index contributed by atoms with van der Waals surface area (Å²) in [6.45, 7) is 0. The van der Waals surface area contributed by atoms with E-state index in [0.717, 1.165) is 44.4 Å². The molecule has 10 rings (SSSR count). The molecule has 0 aliphatic rings. The van der Waals surface area contributed by atoms with Crippen molar-refractivity contribution >= 4 is 59.9 Å². The summed E-state index contributed by atoms with van der Waals surface area (Å²) in [6.07, 6.45) is 2.08. The first-order chi connectivity index (χ1) is 23.3. The summed E-state index contributed by atoms with van der Waals surface area (Å²) in [5.74, 6) is 0. The Balaban J connectivity index is 1.26. The minimum absolute atomic E-state index is 0.916. The Kier molecular flexibility index (Phi) is 5.57. The maximum absolute atomic E-state index is 5.27. The van der Waals surface area contributed by atoms with Gasteiger partial charge in [-0.1, -0.05) is 127 Å². The molecule has 0 N–H and O–H groups in total. The Morgan fingerprint density at radius 1 is 0.404 bits per heavy atom. The highest BCUT2D eigenvalue weighted by molar-refractivity contribution is 6.22. The fourth-order valence-electron chi connectivity index (χ4n) is 7.47. The van der Waals surface area contributed by atoms with Crippen LogP contribution in [0.25, 0.3) is 93.4 Å². The van der Waals surface area contributed by atoms with Gasteiger partial charge in [0.1, 0.15) is 11.2 Å². The summed E-state index contributed by atoms with van der Waals surface area (Å²) in [5, 5.41) is 8.52. The topological polar surface area (TPSA) is 30.2 Å². The Bertz CT molecular complexity index is 2800. The molecule has 0 unspecified atom stereocenters. The van der Waals surface area contributed by atoms with Gasteiger partial charge in [0.2, 0.25) is 0 Å². The van der Waals surface area contributed by atoms with Gasteiger partial charge in [-0.05, 0) is 84.9 Å². The average Bonchev–Trinajstić information content (AvgIpc) is 3.53. The zero-order chi connectivity index (χ0) is 30.9. The van der Waals surface area contributed by atoms with Gasteiger partial charge < -0.3 is 0 Å². The smallest absolute Gasteiger partial charge is 0.137 e. The van der Waals surface area contributed by atoms with Crippen molar-refractivity contribution in [2.45, 2.75) is 0 Å². The lowest BCUT2D eigenvalue weighted by Crippen LogP contribution is -1.94. The highest BCUT2D eigenvalue weighted by Gasteiger charge is 2.19. The third-order valence-corrected chi connectivity index (χ3v) is 9.54. The molecule has 3 heteroatoms. The molecule has 218 valence electrons. The van der Waals surface area contributed by atoms with Crippen LogP contribution in [-0.4, -0.2) is 14.4 Å². The molecule has 3 aromatic heterocycles. The first kappa shape index (κ1) is 26.0. The molecule has 3 heterocycles. The predicted octanol–water partition coefficient (Wildman–Crippen LogP) is 11.5. The Hall–Kier alpha value is -6.32. The maximum atomic E-state index is 5.27. The molecule has 0 spiro atoms. The number of aromatic nitrogens is 3. The summed E-state index contributed by atoms with van der Waals surface area (Å²) in [4.78, 5) is 10.3. The van der Waals surface area contributed by atoms with Gasteiger partial charge in [-0.15, -0.1) is 0 Å². The fraction of sp³-hybridized carbons (Fsp3) is 0. The normalized spacial score (nSPS) is 11.8. The van der Waals surface area contributed by atoms with E-state index < -0.39 is 0 Å². The number of fused-ring (bicyclic) bond motifs is 8. The van der Waals surface area contributed by atoms with Crippen LogP contribution >= 0.6 is 0 Å². The molecular formula is C44H27N3. The van der Waals surface area contributed by atoms with Gasteiger partial charge in [-0.3, -0.25) is 4.40 Å². The third-order valence-electron chi connectivity index (χ3n) is 9.54. The first-order valence-electron chi connectivity index (χ1n) is 16.0. The van der Waals surface area contributed by atoms with E-state index in [2.05, 4.69) is 156 Å². The molecule has 10 aromatic rings. The van der Waals surface area contributed by atoms with Crippen LogP contribution in [0.5, 0.6) is 0 Å². The average molecular weight is 598 g/mol. The van der Waals surface area contributed by atoms with Gasteiger partial charge in [0.25, 0.3) is 0 Å². The lowest BCUT2D eigenvalue weighted by molar-refractivity contribution is 1.22. The van der Waals surface area contributed by atoms with Crippen molar-refractivity contribution in [1.82, 2.24) is 14.4 Å². The summed E-state index contributed by atoms with van der Waals surface area (Å²) in [7, 11) is 0. The van der Waals surface area contributed by atoms with Crippen LogP contribution < -0.4 is 0 Å². The van der Waals surface area contributed by atoms with Crippen LogP contribution in [0.4, 0.5) is 0 Å². The van der Waals surface area contributed by atoms with Crippen LogP contribution in [0.1, 0.15) is 0 Å². The van der Waals surface area contributed by atoms with Crippen molar-refractivity contribution in [2.75, 3.05) is 0 Å². The largest absolute Gasteiger partial charge is 0.298 e. The molecular weight excluding hydrogens is 571 g/mol. The molecule has 0 aliphatic heterocycles. The highest BCUT2D eigenvalue weighted by atomic mass is 15.0. The summed E-state index contributed by atoms with van der Waals surface area (Å²) in [6, 6.07) is 56.5. The molecule has 3 nitrogen and oxygen atoms in total. The molecule has 0 saturated carbocycles. The quantitative estimate of drug-likeness (QED) is 0.190. The van der Waals surface area contributed by atoms with Gasteiger partial charge in [0.05, 0.1) is 16.7 Å². The van der Waals surface area contributed by atoms with Gasteiger partial charge in [-0.25, -0.2) is 9.97 Å². The minimum atomic E-state index is 0.916. The van der Waals surface area contributed by atoms with Crippen LogP contribution in [0, 0.1) is 0 Å². The number of hydrogen-bond acceptors (Lipinski definition) is 2. The summed E-state index contributed by atoms with van der Waals surface area (Å²) < 4.78 is 2.17. The van der Waals surface area contributed by atoms with E-state index in [9.17, 15) is 0 Å². The van der Waals surface area contributed by atoms with E-state index in [1.807, 2.05) is 12.1 Å². The van der Waals surface area contributed by atoms with Crippen molar-refractivity contribution in [3.63, 3.8) is 0 Å². The lowest BCUT2D eigenvalue weighted by Gasteiger charge is -2.18. The van der Waals surface area contributed by atoms with Gasteiger partial charge >= 0.3 is 0 Å². The van der Waals surface area contributed by atoms with E-state index in [1.165, 1.54) is 49.0 Å². The molecule has 0 aliphatic carbocycles. The van der Waals surface area contributed by atoms with Crippen molar-refractivity contribution in [3.8, 4) is 33.5 Å². The predicted molar refractivity (Wildman–Crippen MR) is 197 cm³/mol. The molecule has 7 aromatic carbocycles. The molecule has 0 amide bonds. The Morgan fingerprint density at radius 2 is 1.00 bits per heavy atom. The van der Waals surface area contributed by atoms with E-state index in [-0.39, 0.29) is 0 Å². The van der Waals surface area contributed by atoms with Crippen molar-refractivity contribution in [1.29, 1.82) is 0 Å². The van der Waals surface area contributed by atoms with Gasteiger partial charge in [0.15, 0.2) is 0 Å². The number of para-hydroxylation sites is 1. The number of imidazole rings is 1. The zero-order valence-corrected chi connectivity index (χ0v) is 25.4. The number of pyridine rings is 2. The van der Waals surface area contributed by atoms with Crippen molar-refractivity contribution in [2.24, 2.45) is 0 Å². The SMILES string of the molecule is c1cc(-c2c3ccccc3c(-c3ccc4ccccc4c3)c3ccccc23)cc(-c2nc3ccccc3c3nc4ccccn4c23)c1. The lowest BCUT2D eigenvalue weighted by atomic mass is 9.85. The third kappa shape index (κ3) is 3.93. The van der Waals surface area contributed by atoms with E-state index in [0.29, 0.717) is 0 Å². The molecule has 0 radical (unpaired) electrons. The first-order valence-corrected chi connectivity index (χ1v) is 16.0. The highest BCUT2D eigenvalue weighted by Crippen LogP contribution is 2.45. The van der Waals surface area contributed by atoms with Crippen LogP contribution in [0.2, 0.25) is 0 Å². The summed E-state index contributed by atoms with van der Waals surface area (Å²) >= 11 is 0. The number of hydrogen-bond donors (Lipinski definition) is 0. The van der Waals surface area contributed by atoms with Crippen LogP contribution in [-0.2, 0) is 0 Å². The van der Waals surface area contributed by atoms with Crippen molar-refractivity contribution < 1.29 is 0 Å². The molecule has 0 saturated heterocycles. The number of benzene rings is 7. The van der Waals surface area contributed by atoms with Gasteiger partial charge in [0, 0.05) is 17.1 Å². The van der Waals surface area contributed by atoms with Crippen LogP contribution in [0.15, 0.2) is 164 Å². The Morgan fingerprint density at radius 3 is 1.74 bits per heavy atom. The zero-order valence-electron chi connectivity index (χ0n) is 25.4. The van der Waals surface area contributed by atoms with E-state index in [1.54, 1.807) is 0 Å². The second-order valence-corrected chi connectivity index (χ2v) is 12.2. The minimum Gasteiger partial charge on any atom is -0.298 e. The Labute approximate surface area is 271 Å².